The van der Waals surface area contributed by atoms with Crippen molar-refractivity contribution in [2.75, 3.05) is 19.6 Å². The van der Waals surface area contributed by atoms with E-state index in [1.165, 1.54) is 64.6 Å². The summed E-state index contributed by atoms with van der Waals surface area (Å²) in [5, 5.41) is 3.78. The zero-order valence-corrected chi connectivity index (χ0v) is 13.8. The first-order valence-corrected chi connectivity index (χ1v) is 8.64. The third kappa shape index (κ3) is 6.76. The van der Waals surface area contributed by atoms with Crippen molar-refractivity contribution in [3.05, 3.63) is 0 Å². The van der Waals surface area contributed by atoms with Crippen LogP contribution < -0.4 is 5.32 Å². The normalized spacial score (nSPS) is 25.1. The molecule has 1 saturated heterocycles. The van der Waals surface area contributed by atoms with Gasteiger partial charge < -0.3 is 5.32 Å². The van der Waals surface area contributed by atoms with E-state index in [0.29, 0.717) is 0 Å². The summed E-state index contributed by atoms with van der Waals surface area (Å²) in [5.74, 6) is 0.808. The molecule has 0 aromatic heterocycles. The molecule has 1 N–H and O–H groups in total. The molecule has 0 amide bonds. The molecule has 2 heteroatoms. The fourth-order valence-electron chi connectivity index (χ4n) is 3.29. The van der Waals surface area contributed by atoms with E-state index < -0.39 is 0 Å². The molecule has 0 radical (unpaired) electrons. The number of nitrogens with one attached hydrogen (secondary N) is 1. The van der Waals surface area contributed by atoms with Crippen molar-refractivity contribution in [1.82, 2.24) is 10.2 Å². The Kier molecular flexibility index (Phi) is 8.72. The summed E-state index contributed by atoms with van der Waals surface area (Å²) in [6, 6.07) is 1.51. The molecule has 0 aromatic rings. The van der Waals surface area contributed by atoms with Crippen LogP contribution in [0.2, 0.25) is 0 Å². The zero-order chi connectivity index (χ0) is 14.1. The molecule has 1 aliphatic rings. The summed E-state index contributed by atoms with van der Waals surface area (Å²) < 4.78 is 0. The summed E-state index contributed by atoms with van der Waals surface area (Å²) >= 11 is 0. The van der Waals surface area contributed by atoms with E-state index >= 15 is 0 Å². The molecule has 1 rings (SSSR count). The van der Waals surface area contributed by atoms with Crippen molar-refractivity contribution in [2.24, 2.45) is 5.92 Å². The summed E-state index contributed by atoms with van der Waals surface area (Å²) in [4.78, 5) is 2.78. The van der Waals surface area contributed by atoms with Crippen LogP contribution >= 0.6 is 0 Å². The van der Waals surface area contributed by atoms with E-state index in [4.69, 9.17) is 0 Å². The molecule has 0 saturated carbocycles. The van der Waals surface area contributed by atoms with Gasteiger partial charge in [-0.2, -0.15) is 0 Å². The van der Waals surface area contributed by atoms with Gasteiger partial charge in [-0.05, 0) is 31.7 Å². The van der Waals surface area contributed by atoms with Gasteiger partial charge in [0.05, 0.1) is 0 Å². The molecule has 0 aromatic carbocycles. The average Bonchev–Trinajstić information content (AvgIpc) is 2.37. The molecule has 19 heavy (non-hydrogen) atoms. The minimum atomic E-state index is 0.722. The monoisotopic (exact) mass is 268 g/mol. The van der Waals surface area contributed by atoms with Gasteiger partial charge in [0.1, 0.15) is 0 Å². The van der Waals surface area contributed by atoms with Crippen molar-refractivity contribution < 1.29 is 0 Å². The van der Waals surface area contributed by atoms with Crippen LogP contribution in [0.4, 0.5) is 0 Å². The van der Waals surface area contributed by atoms with Crippen LogP contribution in [0.5, 0.6) is 0 Å². The fourth-order valence-corrected chi connectivity index (χ4v) is 3.29. The standard InChI is InChI=1S/C17H36N2/c1-5-7-8-9-11-19-14-16(12-15(3)4)18-13-17(19)10-6-2/h15-18H,5-14H2,1-4H3. The van der Waals surface area contributed by atoms with E-state index in [2.05, 4.69) is 37.9 Å². The Balaban J connectivity index is 2.38. The number of rotatable bonds is 9. The Morgan fingerprint density at radius 3 is 2.53 bits per heavy atom. The predicted molar refractivity (Wildman–Crippen MR) is 85.7 cm³/mol. The molecule has 114 valence electrons. The highest BCUT2D eigenvalue weighted by atomic mass is 15.2. The van der Waals surface area contributed by atoms with Gasteiger partial charge in [0.25, 0.3) is 0 Å². The highest BCUT2D eigenvalue weighted by Gasteiger charge is 2.26. The quantitative estimate of drug-likeness (QED) is 0.635. The topological polar surface area (TPSA) is 15.3 Å². The number of piperazine rings is 1. The first-order valence-electron chi connectivity index (χ1n) is 8.64. The maximum Gasteiger partial charge on any atom is 0.0221 e. The lowest BCUT2D eigenvalue weighted by atomic mass is 9.98. The Morgan fingerprint density at radius 1 is 1.11 bits per heavy atom. The first kappa shape index (κ1) is 17.0. The molecule has 1 aliphatic heterocycles. The minimum Gasteiger partial charge on any atom is -0.311 e. The second-order valence-corrected chi connectivity index (χ2v) is 6.73. The maximum atomic E-state index is 3.78. The molecule has 2 nitrogen and oxygen atoms in total. The van der Waals surface area contributed by atoms with E-state index in [0.717, 1.165) is 18.0 Å². The van der Waals surface area contributed by atoms with Gasteiger partial charge in [-0.3, -0.25) is 4.90 Å². The molecule has 0 aliphatic carbocycles. The largest absolute Gasteiger partial charge is 0.311 e. The van der Waals surface area contributed by atoms with Crippen LogP contribution in [0, 0.1) is 5.92 Å². The van der Waals surface area contributed by atoms with Gasteiger partial charge in [-0.25, -0.2) is 0 Å². The number of nitrogens with zero attached hydrogens (tertiary/aromatic N) is 1. The van der Waals surface area contributed by atoms with Gasteiger partial charge >= 0.3 is 0 Å². The number of unbranched alkanes of at least 4 members (excludes halogenated alkanes) is 3. The molecular weight excluding hydrogens is 232 g/mol. The second kappa shape index (κ2) is 9.77. The van der Waals surface area contributed by atoms with Crippen molar-refractivity contribution in [3.8, 4) is 0 Å². The van der Waals surface area contributed by atoms with Crippen LogP contribution in [0.25, 0.3) is 0 Å². The highest BCUT2D eigenvalue weighted by molar-refractivity contribution is 4.86. The van der Waals surface area contributed by atoms with Gasteiger partial charge in [0.2, 0.25) is 0 Å². The van der Waals surface area contributed by atoms with Crippen LogP contribution in [0.15, 0.2) is 0 Å². The Hall–Kier alpha value is -0.0800. The Bertz CT molecular complexity index is 215. The van der Waals surface area contributed by atoms with Gasteiger partial charge in [0.15, 0.2) is 0 Å². The Labute approximate surface area is 121 Å². The third-order valence-corrected chi connectivity index (χ3v) is 4.29. The van der Waals surface area contributed by atoms with Crippen LogP contribution in [0.3, 0.4) is 0 Å². The van der Waals surface area contributed by atoms with Crippen LogP contribution in [0.1, 0.15) is 72.6 Å². The average molecular weight is 268 g/mol. The summed E-state index contributed by atoms with van der Waals surface area (Å²) in [7, 11) is 0. The molecule has 1 fully saturated rings. The van der Waals surface area contributed by atoms with Gasteiger partial charge in [0, 0.05) is 25.2 Å². The smallest absolute Gasteiger partial charge is 0.0221 e. The maximum absolute atomic E-state index is 3.78. The molecular formula is C17H36N2. The number of hydrogen-bond acceptors (Lipinski definition) is 2. The minimum absolute atomic E-state index is 0.722. The lowest BCUT2D eigenvalue weighted by Crippen LogP contribution is -2.56. The van der Waals surface area contributed by atoms with Crippen molar-refractivity contribution in [1.29, 1.82) is 0 Å². The van der Waals surface area contributed by atoms with Crippen molar-refractivity contribution in [3.63, 3.8) is 0 Å². The molecule has 0 spiro atoms. The van der Waals surface area contributed by atoms with E-state index in [1.54, 1.807) is 0 Å². The SMILES string of the molecule is CCCCCCN1CC(CC(C)C)NCC1CCC. The highest BCUT2D eigenvalue weighted by Crippen LogP contribution is 2.17. The first-order chi connectivity index (χ1) is 9.17. The van der Waals surface area contributed by atoms with Crippen molar-refractivity contribution >= 4 is 0 Å². The van der Waals surface area contributed by atoms with Crippen LogP contribution in [-0.2, 0) is 0 Å². The predicted octanol–water partition coefficient (Wildman–Crippen LogP) is 4.06. The zero-order valence-electron chi connectivity index (χ0n) is 13.8. The Morgan fingerprint density at radius 2 is 1.89 bits per heavy atom. The molecule has 1 heterocycles. The van der Waals surface area contributed by atoms with Crippen LogP contribution in [-0.4, -0.2) is 36.6 Å². The summed E-state index contributed by atoms with van der Waals surface area (Å²) in [6.45, 7) is 13.1. The molecule has 0 bridgehead atoms. The van der Waals surface area contributed by atoms with E-state index in [1.807, 2.05) is 0 Å². The van der Waals surface area contributed by atoms with Gasteiger partial charge in [-0.1, -0.05) is 53.4 Å². The van der Waals surface area contributed by atoms with Gasteiger partial charge in [-0.15, -0.1) is 0 Å². The lowest BCUT2D eigenvalue weighted by Gasteiger charge is -2.41. The lowest BCUT2D eigenvalue weighted by molar-refractivity contribution is 0.113. The summed E-state index contributed by atoms with van der Waals surface area (Å²) in [5.41, 5.74) is 0. The number of hydrogen-bond donors (Lipinski definition) is 1. The summed E-state index contributed by atoms with van der Waals surface area (Å²) in [6.07, 6.45) is 9.54. The fraction of sp³-hybridized carbons (Fsp3) is 1.00. The second-order valence-electron chi connectivity index (χ2n) is 6.73. The molecule has 2 unspecified atom stereocenters. The third-order valence-electron chi connectivity index (χ3n) is 4.29. The van der Waals surface area contributed by atoms with Crippen molar-refractivity contribution in [2.45, 2.75) is 84.7 Å². The van der Waals surface area contributed by atoms with E-state index in [9.17, 15) is 0 Å². The molecule has 2 atom stereocenters. The van der Waals surface area contributed by atoms with E-state index in [-0.39, 0.29) is 0 Å².